The van der Waals surface area contributed by atoms with Crippen molar-refractivity contribution in [3.8, 4) is 11.5 Å². The number of carbonyl (C=O) groups is 2. The summed E-state index contributed by atoms with van der Waals surface area (Å²) in [5.41, 5.74) is 1.26. The fraction of sp³-hybridized carbons (Fsp3) is 0.333. The van der Waals surface area contributed by atoms with E-state index in [1.165, 1.54) is 31.3 Å². The number of hydrogen-bond acceptors (Lipinski definition) is 11. The number of carbonyl (C=O) groups excluding carboxylic acids is 2. The van der Waals surface area contributed by atoms with E-state index >= 15 is 0 Å². The van der Waals surface area contributed by atoms with Gasteiger partial charge in [0.1, 0.15) is 18.8 Å². The number of fused-ring (bicyclic) bond motifs is 1. The largest absolute Gasteiger partial charge is 0.493 e. The van der Waals surface area contributed by atoms with Crippen molar-refractivity contribution in [3.63, 3.8) is 0 Å². The molecule has 0 radical (unpaired) electrons. The highest BCUT2D eigenvalue weighted by Gasteiger charge is 2.23. The maximum absolute atomic E-state index is 12.9. The predicted octanol–water partition coefficient (Wildman–Crippen LogP) is 3.45. The van der Waals surface area contributed by atoms with Crippen LogP contribution in [0.1, 0.15) is 24.8 Å². The molecule has 0 spiro atoms. The highest BCUT2D eigenvalue weighted by Crippen LogP contribution is 2.34. The average molecular weight is 593 g/mol. The summed E-state index contributed by atoms with van der Waals surface area (Å²) in [6.45, 7) is 3.81. The topological polar surface area (TPSA) is 137 Å². The minimum atomic E-state index is -3.32. The van der Waals surface area contributed by atoms with Crippen LogP contribution in [0, 0.1) is 0 Å². The Labute approximate surface area is 244 Å². The first-order chi connectivity index (χ1) is 20.2. The van der Waals surface area contributed by atoms with Gasteiger partial charge in [-0.1, -0.05) is 12.1 Å². The number of sulfone groups is 1. The molecular formula is C30H32N4O7S. The van der Waals surface area contributed by atoms with E-state index < -0.39 is 21.4 Å². The van der Waals surface area contributed by atoms with Crippen LogP contribution in [0.15, 0.2) is 71.2 Å². The second-order valence-corrected chi connectivity index (χ2v) is 12.1. The molecule has 12 heteroatoms. The van der Waals surface area contributed by atoms with E-state index in [1.807, 2.05) is 0 Å². The van der Waals surface area contributed by atoms with E-state index in [0.717, 1.165) is 44.5 Å². The van der Waals surface area contributed by atoms with Crippen LogP contribution in [0.2, 0.25) is 0 Å². The first-order valence-electron chi connectivity index (χ1n) is 13.6. The number of likely N-dealkylation sites (tertiary alicyclic amines) is 1. The summed E-state index contributed by atoms with van der Waals surface area (Å²) in [4.78, 5) is 36.9. The van der Waals surface area contributed by atoms with Gasteiger partial charge in [0, 0.05) is 36.4 Å². The fourth-order valence-electron chi connectivity index (χ4n) is 4.79. The van der Waals surface area contributed by atoms with Crippen molar-refractivity contribution in [2.24, 2.45) is 0 Å². The van der Waals surface area contributed by atoms with Crippen LogP contribution in [0.3, 0.4) is 0 Å². The number of hydrogen-bond donors (Lipinski definition) is 1. The highest BCUT2D eigenvalue weighted by atomic mass is 32.2. The Morgan fingerprint density at radius 3 is 2.43 bits per heavy atom. The first-order valence-corrected chi connectivity index (χ1v) is 15.5. The first kappa shape index (κ1) is 29.2. The van der Waals surface area contributed by atoms with Crippen LogP contribution in [0.4, 0.5) is 5.82 Å². The lowest BCUT2D eigenvalue weighted by Gasteiger charge is -2.17. The third kappa shape index (κ3) is 6.94. The Kier molecular flexibility index (Phi) is 8.83. The second-order valence-electron chi connectivity index (χ2n) is 10.1. The van der Waals surface area contributed by atoms with Crippen LogP contribution >= 0.6 is 0 Å². The maximum atomic E-state index is 12.9. The molecule has 0 amide bonds. The van der Waals surface area contributed by atoms with Crippen molar-refractivity contribution in [2.75, 3.05) is 44.9 Å². The van der Waals surface area contributed by atoms with Gasteiger partial charge in [-0.05, 0) is 56.1 Å². The van der Waals surface area contributed by atoms with Crippen molar-refractivity contribution < 1.29 is 32.2 Å². The third-order valence-electron chi connectivity index (χ3n) is 7.04. The molecule has 42 heavy (non-hydrogen) atoms. The summed E-state index contributed by atoms with van der Waals surface area (Å²) in [6, 6.07) is 9.62. The summed E-state index contributed by atoms with van der Waals surface area (Å²) in [6.07, 6.45) is 8.17. The lowest BCUT2D eigenvalue weighted by molar-refractivity contribution is -0.117. The molecule has 5 rings (SSSR count). The molecule has 1 aliphatic heterocycles. The van der Waals surface area contributed by atoms with Crippen LogP contribution in [0.25, 0.3) is 10.9 Å². The van der Waals surface area contributed by atoms with Crippen LogP contribution in [0.5, 0.6) is 11.5 Å². The number of aromatic nitrogens is 2. The molecule has 2 aliphatic rings. The number of rotatable bonds is 12. The lowest BCUT2D eigenvalue weighted by Crippen LogP contribution is -2.22. The summed E-state index contributed by atoms with van der Waals surface area (Å²) in [7, 11) is -1.77. The molecule has 1 N–H and O–H groups in total. The Bertz CT molecular complexity index is 1660. The van der Waals surface area contributed by atoms with E-state index in [-0.39, 0.29) is 23.0 Å². The van der Waals surface area contributed by atoms with E-state index in [0.29, 0.717) is 40.4 Å². The Morgan fingerprint density at radius 1 is 0.952 bits per heavy atom. The minimum absolute atomic E-state index is 0.00942. The average Bonchev–Trinajstić information content (AvgIpc) is 3.49. The molecule has 2 aromatic carbocycles. The van der Waals surface area contributed by atoms with Gasteiger partial charge < -0.3 is 24.4 Å². The maximum Gasteiger partial charge on any atom is 0.222 e. The molecule has 0 atom stereocenters. The van der Waals surface area contributed by atoms with E-state index in [9.17, 15) is 18.0 Å². The zero-order chi connectivity index (χ0) is 29.7. The Hall–Kier alpha value is -4.29. The number of anilines is 1. The normalized spacial score (nSPS) is 15.9. The second kappa shape index (κ2) is 12.7. The number of methoxy groups -OCH3 is 1. The standard InChI is InChI=1S/C30H32N4O7S/c1-39-28-14-22-23(16-29(28)40-13-5-12-34-10-3-4-11-34)31-19-32-30(22)33-24-15-26(36)27(17-25(24)35)41-18-20-6-8-21(9-7-20)42(2,37)38/h6-9,14-17,19H,3-5,10-13,18H2,1-2H3,(H,31,32,33). The van der Waals surface area contributed by atoms with Gasteiger partial charge in [-0.3, -0.25) is 9.59 Å². The SMILES string of the molecule is COc1cc2c(NC3=CC(=O)C(OCc4ccc(S(C)(=O)=O)cc4)=CC3=O)ncnc2cc1OCCCN1CCCC1. The zero-order valence-electron chi connectivity index (χ0n) is 23.5. The van der Waals surface area contributed by atoms with E-state index in [4.69, 9.17) is 14.2 Å². The number of allylic oxidation sites excluding steroid dienone is 2. The van der Waals surface area contributed by atoms with Gasteiger partial charge in [-0.2, -0.15) is 0 Å². The highest BCUT2D eigenvalue weighted by molar-refractivity contribution is 7.90. The predicted molar refractivity (Wildman–Crippen MR) is 156 cm³/mol. The van der Waals surface area contributed by atoms with Gasteiger partial charge in [0.15, 0.2) is 27.1 Å². The quantitative estimate of drug-likeness (QED) is 0.245. The molecule has 1 aliphatic carbocycles. The smallest absolute Gasteiger partial charge is 0.222 e. The number of nitrogens with zero attached hydrogens (tertiary/aromatic N) is 3. The summed E-state index contributed by atoms with van der Waals surface area (Å²) >= 11 is 0. The monoisotopic (exact) mass is 592 g/mol. The number of benzene rings is 2. The molecule has 3 aromatic rings. The third-order valence-corrected chi connectivity index (χ3v) is 8.17. The van der Waals surface area contributed by atoms with Crippen LogP contribution in [-0.4, -0.2) is 74.5 Å². The van der Waals surface area contributed by atoms with Crippen molar-refractivity contribution in [1.82, 2.24) is 14.9 Å². The molecule has 1 saturated heterocycles. The van der Waals surface area contributed by atoms with Gasteiger partial charge in [0.2, 0.25) is 11.6 Å². The molecule has 1 aromatic heterocycles. The van der Waals surface area contributed by atoms with Gasteiger partial charge in [0.25, 0.3) is 0 Å². The molecule has 0 unspecified atom stereocenters. The molecule has 0 bridgehead atoms. The van der Waals surface area contributed by atoms with Crippen molar-refractivity contribution in [2.45, 2.75) is 30.8 Å². The van der Waals surface area contributed by atoms with Gasteiger partial charge in [-0.15, -0.1) is 0 Å². The summed E-state index contributed by atoms with van der Waals surface area (Å²) < 4.78 is 40.4. The minimum Gasteiger partial charge on any atom is -0.493 e. The van der Waals surface area contributed by atoms with Crippen LogP contribution in [-0.2, 0) is 30.8 Å². The van der Waals surface area contributed by atoms with Crippen LogP contribution < -0.4 is 14.8 Å². The molecule has 220 valence electrons. The van der Waals surface area contributed by atoms with Crippen molar-refractivity contribution >= 4 is 38.1 Å². The molecule has 2 heterocycles. The molecule has 0 saturated carbocycles. The van der Waals surface area contributed by atoms with Gasteiger partial charge in [-0.25, -0.2) is 18.4 Å². The van der Waals surface area contributed by atoms with E-state index in [1.54, 1.807) is 31.4 Å². The van der Waals surface area contributed by atoms with Crippen molar-refractivity contribution in [1.29, 1.82) is 0 Å². The molecule has 1 fully saturated rings. The number of ketones is 2. The fourth-order valence-corrected chi connectivity index (χ4v) is 5.42. The van der Waals surface area contributed by atoms with Gasteiger partial charge >= 0.3 is 0 Å². The zero-order valence-corrected chi connectivity index (χ0v) is 24.3. The van der Waals surface area contributed by atoms with E-state index in [2.05, 4.69) is 20.2 Å². The Balaban J connectivity index is 1.24. The molecular weight excluding hydrogens is 560 g/mol. The number of nitrogens with one attached hydrogen (secondary N) is 1. The Morgan fingerprint density at radius 2 is 1.71 bits per heavy atom. The van der Waals surface area contributed by atoms with Crippen molar-refractivity contribution in [3.05, 3.63) is 71.9 Å². The van der Waals surface area contributed by atoms with Gasteiger partial charge in [0.05, 0.1) is 29.8 Å². The summed E-state index contributed by atoms with van der Waals surface area (Å²) in [5.74, 6) is 0.323. The number of ether oxygens (including phenoxy) is 3. The molecule has 11 nitrogen and oxygen atoms in total. The lowest BCUT2D eigenvalue weighted by atomic mass is 10.1. The summed E-state index contributed by atoms with van der Waals surface area (Å²) in [5, 5.41) is 3.54.